The molecule has 58 valence electrons. The van der Waals surface area contributed by atoms with Crippen LogP contribution in [-0.2, 0) is 0 Å². The van der Waals surface area contributed by atoms with Crippen LogP contribution >= 0.6 is 0 Å². The fourth-order valence-corrected chi connectivity index (χ4v) is 1.06. The minimum Gasteiger partial charge on any atom is -0.386 e. The molecule has 0 amide bonds. The van der Waals surface area contributed by atoms with Gasteiger partial charge >= 0.3 is 0 Å². The van der Waals surface area contributed by atoms with E-state index in [1.54, 1.807) is 0 Å². The monoisotopic (exact) mass is 140 g/mol. The molecule has 0 aromatic rings. The maximum atomic E-state index is 9.70. The van der Waals surface area contributed by atoms with Crippen molar-refractivity contribution in [3.63, 3.8) is 0 Å². The van der Waals surface area contributed by atoms with Crippen molar-refractivity contribution in [2.75, 3.05) is 0 Å². The van der Waals surface area contributed by atoms with Crippen LogP contribution in [0.1, 0.15) is 33.1 Å². The average Bonchev–Trinajstić information content (AvgIpc) is 2.48. The number of hydrogen-bond acceptors (Lipinski definition) is 1. The lowest BCUT2D eigenvalue weighted by Gasteiger charge is -2.23. The van der Waals surface area contributed by atoms with E-state index in [0.29, 0.717) is 0 Å². The van der Waals surface area contributed by atoms with Crippen LogP contribution in [0.25, 0.3) is 0 Å². The summed E-state index contributed by atoms with van der Waals surface area (Å²) < 4.78 is 0. The molecule has 0 aliphatic heterocycles. The molecule has 0 bridgehead atoms. The first-order chi connectivity index (χ1) is 4.52. The van der Waals surface area contributed by atoms with Gasteiger partial charge < -0.3 is 5.11 Å². The Kier molecular flexibility index (Phi) is 1.86. The molecular weight excluding hydrogens is 124 g/mol. The van der Waals surface area contributed by atoms with Gasteiger partial charge in [0.25, 0.3) is 0 Å². The first kappa shape index (κ1) is 7.80. The van der Waals surface area contributed by atoms with Crippen molar-refractivity contribution in [1.29, 1.82) is 0 Å². The Hall–Kier alpha value is -0.300. The maximum absolute atomic E-state index is 9.70. The normalized spacial score (nSPS) is 23.9. The van der Waals surface area contributed by atoms with Gasteiger partial charge in [-0.3, -0.25) is 0 Å². The molecule has 1 saturated carbocycles. The van der Waals surface area contributed by atoms with Gasteiger partial charge in [0, 0.05) is 0 Å². The zero-order chi connectivity index (χ0) is 7.78. The molecule has 0 heterocycles. The summed E-state index contributed by atoms with van der Waals surface area (Å²) in [6.45, 7) is 7.50. The quantitative estimate of drug-likeness (QED) is 0.595. The summed E-state index contributed by atoms with van der Waals surface area (Å²) in [5.74, 6) is 0.770. The van der Waals surface area contributed by atoms with Gasteiger partial charge in [-0.1, -0.05) is 19.4 Å². The van der Waals surface area contributed by atoms with Gasteiger partial charge in [-0.05, 0) is 31.8 Å². The first-order valence-corrected chi connectivity index (χ1v) is 3.91. The topological polar surface area (TPSA) is 20.2 Å². The molecule has 0 aromatic heterocycles. The van der Waals surface area contributed by atoms with Crippen molar-refractivity contribution in [3.05, 3.63) is 12.2 Å². The van der Waals surface area contributed by atoms with Crippen LogP contribution in [0.2, 0.25) is 0 Å². The fraction of sp³-hybridized carbons (Fsp3) is 0.778. The molecule has 0 saturated heterocycles. The lowest BCUT2D eigenvalue weighted by molar-refractivity contribution is 0.0833. The molecule has 1 heteroatoms. The van der Waals surface area contributed by atoms with Crippen LogP contribution in [-0.4, -0.2) is 10.7 Å². The van der Waals surface area contributed by atoms with E-state index >= 15 is 0 Å². The van der Waals surface area contributed by atoms with Crippen LogP contribution in [0.15, 0.2) is 12.2 Å². The van der Waals surface area contributed by atoms with Gasteiger partial charge in [-0.2, -0.15) is 0 Å². The highest BCUT2D eigenvalue weighted by molar-refractivity contribution is 5.08. The van der Waals surface area contributed by atoms with E-state index in [0.717, 1.165) is 17.9 Å². The molecule has 10 heavy (non-hydrogen) atoms. The van der Waals surface area contributed by atoms with E-state index in [9.17, 15) is 5.11 Å². The van der Waals surface area contributed by atoms with Gasteiger partial charge in [0.2, 0.25) is 0 Å². The second-order valence-electron chi connectivity index (χ2n) is 3.70. The minimum atomic E-state index is -0.610. The molecule has 1 aliphatic rings. The Labute approximate surface area is 62.8 Å². The van der Waals surface area contributed by atoms with Gasteiger partial charge in [-0.15, -0.1) is 0 Å². The Balaban J connectivity index is 2.40. The summed E-state index contributed by atoms with van der Waals surface area (Å²) in [5.41, 5.74) is 0.278. The van der Waals surface area contributed by atoms with Gasteiger partial charge in [-0.25, -0.2) is 0 Å². The predicted molar refractivity (Wildman–Crippen MR) is 42.8 cm³/mol. The second-order valence-corrected chi connectivity index (χ2v) is 3.70. The van der Waals surface area contributed by atoms with E-state index in [1.165, 1.54) is 12.8 Å². The van der Waals surface area contributed by atoms with Gasteiger partial charge in [0.15, 0.2) is 0 Å². The van der Waals surface area contributed by atoms with Crippen molar-refractivity contribution < 1.29 is 5.11 Å². The molecule has 1 unspecified atom stereocenters. The van der Waals surface area contributed by atoms with Crippen LogP contribution < -0.4 is 0 Å². The van der Waals surface area contributed by atoms with Gasteiger partial charge in [0.05, 0.1) is 5.60 Å². The van der Waals surface area contributed by atoms with Crippen LogP contribution in [0.4, 0.5) is 0 Å². The summed E-state index contributed by atoms with van der Waals surface area (Å²) in [6, 6.07) is 0. The van der Waals surface area contributed by atoms with Crippen LogP contribution in [0.3, 0.4) is 0 Å². The minimum absolute atomic E-state index is 0.610. The Morgan fingerprint density at radius 3 is 2.50 bits per heavy atom. The molecule has 0 aromatic carbocycles. The molecule has 1 aliphatic carbocycles. The lowest BCUT2D eigenvalue weighted by Crippen LogP contribution is -2.25. The smallest absolute Gasteiger partial charge is 0.0826 e. The summed E-state index contributed by atoms with van der Waals surface area (Å²) >= 11 is 0. The third kappa shape index (κ3) is 1.84. The Bertz CT molecular complexity index is 143. The van der Waals surface area contributed by atoms with Crippen LogP contribution in [0, 0.1) is 5.92 Å². The van der Waals surface area contributed by atoms with Crippen LogP contribution in [0.5, 0.6) is 0 Å². The third-order valence-electron chi connectivity index (χ3n) is 2.30. The highest BCUT2D eigenvalue weighted by atomic mass is 16.3. The summed E-state index contributed by atoms with van der Waals surface area (Å²) in [4.78, 5) is 0. The average molecular weight is 140 g/mol. The van der Waals surface area contributed by atoms with E-state index in [1.807, 2.05) is 13.8 Å². The molecule has 0 radical (unpaired) electrons. The highest BCUT2D eigenvalue weighted by Gasteiger charge is 2.31. The third-order valence-corrected chi connectivity index (χ3v) is 2.30. The molecule has 1 atom stereocenters. The van der Waals surface area contributed by atoms with Gasteiger partial charge in [0.1, 0.15) is 0 Å². The Morgan fingerprint density at radius 1 is 1.70 bits per heavy atom. The molecule has 1 fully saturated rings. The van der Waals surface area contributed by atoms with E-state index in [4.69, 9.17) is 0 Å². The van der Waals surface area contributed by atoms with E-state index in [2.05, 4.69) is 6.58 Å². The van der Waals surface area contributed by atoms with Crippen molar-refractivity contribution in [2.24, 2.45) is 5.92 Å². The van der Waals surface area contributed by atoms with Crippen molar-refractivity contribution >= 4 is 0 Å². The fourth-order valence-electron chi connectivity index (χ4n) is 1.06. The highest BCUT2D eigenvalue weighted by Crippen LogP contribution is 2.38. The largest absolute Gasteiger partial charge is 0.386 e. The number of hydrogen-bond donors (Lipinski definition) is 1. The zero-order valence-corrected chi connectivity index (χ0v) is 6.85. The Morgan fingerprint density at radius 2 is 2.20 bits per heavy atom. The number of aliphatic hydroxyl groups is 1. The van der Waals surface area contributed by atoms with Crippen molar-refractivity contribution in [1.82, 2.24) is 0 Å². The molecule has 1 nitrogen and oxygen atoms in total. The van der Waals surface area contributed by atoms with E-state index < -0.39 is 5.60 Å². The first-order valence-electron chi connectivity index (χ1n) is 3.91. The lowest BCUT2D eigenvalue weighted by atomic mass is 9.92. The SMILES string of the molecule is C=C(C)C(C)(O)CC1CC1. The summed E-state index contributed by atoms with van der Waals surface area (Å²) in [5, 5.41) is 9.70. The van der Waals surface area contributed by atoms with Crippen molar-refractivity contribution in [3.8, 4) is 0 Å². The standard InChI is InChI=1S/C9H16O/c1-7(2)9(3,10)6-8-4-5-8/h8,10H,1,4-6H2,2-3H3. The maximum Gasteiger partial charge on any atom is 0.0826 e. The summed E-state index contributed by atoms with van der Waals surface area (Å²) in [6.07, 6.45) is 3.50. The number of rotatable bonds is 3. The summed E-state index contributed by atoms with van der Waals surface area (Å²) in [7, 11) is 0. The van der Waals surface area contributed by atoms with E-state index in [-0.39, 0.29) is 0 Å². The molecular formula is C9H16O. The molecule has 0 spiro atoms. The molecule has 1 N–H and O–H groups in total. The van der Waals surface area contributed by atoms with Crippen molar-refractivity contribution in [2.45, 2.75) is 38.7 Å². The molecule has 1 rings (SSSR count). The zero-order valence-electron chi connectivity index (χ0n) is 6.85. The second kappa shape index (κ2) is 2.39. The predicted octanol–water partition coefficient (Wildman–Crippen LogP) is 2.11.